The summed E-state index contributed by atoms with van der Waals surface area (Å²) in [5.74, 6) is -0.267. The summed E-state index contributed by atoms with van der Waals surface area (Å²) in [5.41, 5.74) is 0.729. The number of thioether (sulfide) groups is 1. The van der Waals surface area contributed by atoms with Crippen LogP contribution in [0.4, 0.5) is 9.80 Å². The predicted octanol–water partition coefficient (Wildman–Crippen LogP) is 2.99. The van der Waals surface area contributed by atoms with Gasteiger partial charge in [0.05, 0.1) is 16.3 Å². The maximum atomic E-state index is 13.4. The summed E-state index contributed by atoms with van der Waals surface area (Å²) in [5, 5.41) is 11.8. The fourth-order valence-electron chi connectivity index (χ4n) is 5.64. The zero-order valence-electron chi connectivity index (χ0n) is 19.2. The molecule has 35 heavy (non-hydrogen) atoms. The van der Waals surface area contributed by atoms with E-state index in [9.17, 15) is 14.4 Å². The highest BCUT2D eigenvalue weighted by molar-refractivity contribution is 8.04. The quantitative estimate of drug-likeness (QED) is 0.551. The third-order valence-electron chi connectivity index (χ3n) is 7.24. The molecule has 2 aromatic rings. The molecular weight excluding hydrogens is 482 g/mol. The average Bonchev–Trinajstić information content (AvgIpc) is 3.46. The van der Waals surface area contributed by atoms with Crippen LogP contribution in [0.3, 0.4) is 0 Å². The largest absolute Gasteiger partial charge is 0.347 e. The highest BCUT2D eigenvalue weighted by Gasteiger charge is 2.52. The molecule has 182 valence electrons. The van der Waals surface area contributed by atoms with E-state index < -0.39 is 0 Å². The number of rotatable bonds is 4. The van der Waals surface area contributed by atoms with E-state index in [-0.39, 0.29) is 41.2 Å². The number of hydrogen-bond acceptors (Lipinski definition) is 6. The SMILES string of the molecule is C=CC(=O)N1CCC[C@@H](NC(=O)C2=C3NC(=O)N(c4cc5ccccc5s4)C4CCNC(S2)C34)C1. The van der Waals surface area contributed by atoms with E-state index in [2.05, 4.69) is 40.7 Å². The monoisotopic (exact) mass is 509 g/mol. The van der Waals surface area contributed by atoms with Gasteiger partial charge in [-0.2, -0.15) is 0 Å². The van der Waals surface area contributed by atoms with Crippen molar-refractivity contribution in [2.75, 3.05) is 24.5 Å². The lowest BCUT2D eigenvalue weighted by Crippen LogP contribution is -2.62. The van der Waals surface area contributed by atoms with Gasteiger partial charge in [-0.1, -0.05) is 36.5 Å². The molecule has 4 aliphatic rings. The topological polar surface area (TPSA) is 93.8 Å². The zero-order chi connectivity index (χ0) is 24.1. The molecule has 1 aromatic carbocycles. The van der Waals surface area contributed by atoms with Gasteiger partial charge in [-0.25, -0.2) is 4.79 Å². The number of amides is 4. The number of likely N-dealkylation sites (tertiary alicyclic amines) is 1. The van der Waals surface area contributed by atoms with Gasteiger partial charge in [-0.3, -0.25) is 14.5 Å². The van der Waals surface area contributed by atoms with Crippen molar-refractivity contribution in [3.05, 3.63) is 53.6 Å². The number of carbonyl (C=O) groups is 3. The molecule has 0 saturated carbocycles. The van der Waals surface area contributed by atoms with Gasteiger partial charge in [-0.05, 0) is 49.4 Å². The standard InChI is InChI=1S/C25H27N5O3S2/c1-2-18(31)29-11-5-7-15(13-29)27-23(32)22-21-20-16(9-10-26-24(20)35-22)30(25(33)28-21)19-12-14-6-3-4-8-17(14)34-19/h2-4,6,8,12,15-16,20,24,26H,1,5,7,9-11,13H2,(H,27,32)(H,28,33)/t15-,16?,20?,24?/m1/s1. The number of nitrogens with one attached hydrogen (secondary N) is 3. The molecule has 4 amide bonds. The number of urea groups is 1. The maximum Gasteiger partial charge on any atom is 0.327 e. The third-order valence-corrected chi connectivity index (χ3v) is 9.71. The minimum Gasteiger partial charge on any atom is -0.347 e. The Balaban J connectivity index is 1.25. The van der Waals surface area contributed by atoms with Gasteiger partial charge >= 0.3 is 6.03 Å². The van der Waals surface area contributed by atoms with Gasteiger partial charge in [0, 0.05) is 35.4 Å². The van der Waals surface area contributed by atoms with E-state index in [1.54, 1.807) is 16.2 Å². The molecule has 1 aromatic heterocycles. The first-order chi connectivity index (χ1) is 17.0. The maximum absolute atomic E-state index is 13.4. The van der Waals surface area contributed by atoms with E-state index in [0.717, 1.165) is 46.6 Å². The minimum absolute atomic E-state index is 0.00810. The molecule has 6 rings (SSSR count). The zero-order valence-corrected chi connectivity index (χ0v) is 20.8. The van der Waals surface area contributed by atoms with E-state index in [1.165, 1.54) is 17.8 Å². The van der Waals surface area contributed by atoms with Crippen LogP contribution >= 0.6 is 23.1 Å². The smallest absolute Gasteiger partial charge is 0.327 e. The van der Waals surface area contributed by atoms with Crippen LogP contribution in [-0.4, -0.2) is 59.8 Å². The number of benzene rings is 1. The van der Waals surface area contributed by atoms with Crippen LogP contribution in [0.15, 0.2) is 53.6 Å². The molecule has 0 bridgehead atoms. The van der Waals surface area contributed by atoms with Crippen LogP contribution in [0.5, 0.6) is 0 Å². The Morgan fingerprint density at radius 2 is 2.09 bits per heavy atom. The second-order valence-corrected chi connectivity index (χ2v) is 11.6. The van der Waals surface area contributed by atoms with Crippen molar-refractivity contribution in [2.24, 2.45) is 5.92 Å². The van der Waals surface area contributed by atoms with Gasteiger partial charge in [0.25, 0.3) is 5.91 Å². The van der Waals surface area contributed by atoms with Crippen LogP contribution < -0.4 is 20.9 Å². The van der Waals surface area contributed by atoms with Gasteiger partial charge < -0.3 is 20.9 Å². The van der Waals surface area contributed by atoms with Crippen molar-refractivity contribution in [2.45, 2.75) is 36.7 Å². The summed E-state index contributed by atoms with van der Waals surface area (Å²) in [6, 6.07) is 9.94. The molecule has 4 aliphatic heterocycles. The van der Waals surface area contributed by atoms with E-state index in [0.29, 0.717) is 18.0 Å². The molecule has 0 radical (unpaired) electrons. The van der Waals surface area contributed by atoms with Crippen molar-refractivity contribution >= 4 is 56.0 Å². The highest BCUT2D eigenvalue weighted by atomic mass is 32.2. The predicted molar refractivity (Wildman–Crippen MR) is 139 cm³/mol. The minimum atomic E-state index is -0.179. The van der Waals surface area contributed by atoms with E-state index >= 15 is 0 Å². The molecule has 3 saturated heterocycles. The first-order valence-electron chi connectivity index (χ1n) is 12.0. The van der Waals surface area contributed by atoms with E-state index in [1.807, 2.05) is 17.0 Å². The number of anilines is 1. The van der Waals surface area contributed by atoms with Crippen LogP contribution in [0.1, 0.15) is 19.3 Å². The number of hydrogen-bond donors (Lipinski definition) is 3. The number of nitrogens with zero attached hydrogens (tertiary/aromatic N) is 2. The molecular formula is C25H27N5O3S2. The number of fused-ring (bicyclic) bond motifs is 1. The van der Waals surface area contributed by atoms with Crippen LogP contribution in [-0.2, 0) is 9.59 Å². The normalized spacial score (nSPS) is 28.1. The van der Waals surface area contributed by atoms with Gasteiger partial charge in [0.1, 0.15) is 5.00 Å². The second kappa shape index (κ2) is 9.00. The molecule has 3 fully saturated rings. The first-order valence-corrected chi connectivity index (χ1v) is 13.7. The second-order valence-electron chi connectivity index (χ2n) is 9.34. The Morgan fingerprint density at radius 1 is 1.23 bits per heavy atom. The van der Waals surface area contributed by atoms with E-state index in [4.69, 9.17) is 0 Å². The highest BCUT2D eigenvalue weighted by Crippen LogP contribution is 2.49. The lowest BCUT2D eigenvalue weighted by Gasteiger charge is -2.45. The molecule has 0 spiro atoms. The van der Waals surface area contributed by atoms with Crippen molar-refractivity contribution in [3.63, 3.8) is 0 Å². The molecule has 3 N–H and O–H groups in total. The molecule has 5 heterocycles. The molecule has 4 atom stereocenters. The summed E-state index contributed by atoms with van der Waals surface area (Å²) in [4.78, 5) is 43.0. The van der Waals surface area contributed by atoms with Crippen LogP contribution in [0.25, 0.3) is 10.1 Å². The van der Waals surface area contributed by atoms with Crippen LogP contribution in [0.2, 0.25) is 0 Å². The lowest BCUT2D eigenvalue weighted by molar-refractivity contribution is -0.128. The Labute approximate surface area is 211 Å². The van der Waals surface area contributed by atoms with Crippen LogP contribution in [0, 0.1) is 5.92 Å². The molecule has 0 aliphatic carbocycles. The van der Waals surface area contributed by atoms with Gasteiger partial charge in [-0.15, -0.1) is 11.3 Å². The summed E-state index contributed by atoms with van der Waals surface area (Å²) in [6.07, 6.45) is 3.79. The number of carbonyl (C=O) groups excluding carboxylic acids is 3. The Kier molecular flexibility index (Phi) is 5.82. The summed E-state index contributed by atoms with van der Waals surface area (Å²) in [7, 11) is 0. The summed E-state index contributed by atoms with van der Waals surface area (Å²) in [6.45, 7) is 5.51. The number of piperidine rings is 2. The Hall–Kier alpha value is -2.82. The fourth-order valence-corrected chi connectivity index (χ4v) is 8.16. The Morgan fingerprint density at radius 3 is 2.91 bits per heavy atom. The molecule has 3 unspecified atom stereocenters. The van der Waals surface area contributed by atoms with Crippen molar-refractivity contribution in [3.8, 4) is 0 Å². The molecule has 8 nitrogen and oxygen atoms in total. The van der Waals surface area contributed by atoms with Crippen molar-refractivity contribution in [1.29, 1.82) is 0 Å². The lowest BCUT2D eigenvalue weighted by atomic mass is 9.87. The van der Waals surface area contributed by atoms with Crippen molar-refractivity contribution in [1.82, 2.24) is 20.9 Å². The Bertz CT molecular complexity index is 1220. The van der Waals surface area contributed by atoms with Gasteiger partial charge in [0.2, 0.25) is 5.91 Å². The third kappa shape index (κ3) is 3.93. The fraction of sp³-hybridized carbons (Fsp3) is 0.400. The number of thiophene rings is 1. The molecule has 10 heteroatoms. The summed E-state index contributed by atoms with van der Waals surface area (Å²) < 4.78 is 1.15. The first kappa shape index (κ1) is 22.6. The van der Waals surface area contributed by atoms with Crippen molar-refractivity contribution < 1.29 is 14.4 Å². The average molecular weight is 510 g/mol. The van der Waals surface area contributed by atoms with Gasteiger partial charge in [0.15, 0.2) is 0 Å². The summed E-state index contributed by atoms with van der Waals surface area (Å²) >= 11 is 3.13.